The second kappa shape index (κ2) is 12.4. The zero-order chi connectivity index (χ0) is 25.2. The third kappa shape index (κ3) is 7.47. The summed E-state index contributed by atoms with van der Waals surface area (Å²) < 4.78 is 0. The molecule has 9 nitrogen and oxygen atoms in total. The Morgan fingerprint density at radius 3 is 2.03 bits per heavy atom. The van der Waals surface area contributed by atoms with Gasteiger partial charge >= 0.3 is 0 Å². The number of amides is 3. The van der Waals surface area contributed by atoms with Crippen molar-refractivity contribution in [1.29, 1.82) is 0 Å². The van der Waals surface area contributed by atoms with E-state index in [0.29, 0.717) is 12.2 Å². The van der Waals surface area contributed by atoms with Crippen LogP contribution in [-0.2, 0) is 16.1 Å². The Morgan fingerprint density at radius 1 is 0.857 bits per heavy atom. The number of aliphatic hydroxyl groups excluding tert-OH is 1. The van der Waals surface area contributed by atoms with Crippen molar-refractivity contribution >= 4 is 23.4 Å². The predicted molar refractivity (Wildman–Crippen MR) is 132 cm³/mol. The summed E-state index contributed by atoms with van der Waals surface area (Å²) in [6, 6.07) is 22.5. The number of benzene rings is 3. The first kappa shape index (κ1) is 25.6. The van der Waals surface area contributed by atoms with E-state index < -0.39 is 24.0 Å². The highest BCUT2D eigenvalue weighted by atomic mass is 16.5. The van der Waals surface area contributed by atoms with E-state index >= 15 is 0 Å². The van der Waals surface area contributed by atoms with Gasteiger partial charge in [0.05, 0.1) is 12.6 Å². The molecule has 0 saturated heterocycles. The molecule has 0 bridgehead atoms. The number of hydroxylamine groups is 1. The van der Waals surface area contributed by atoms with Gasteiger partial charge in [-0.1, -0.05) is 54.6 Å². The van der Waals surface area contributed by atoms with E-state index in [-0.39, 0.29) is 18.0 Å². The van der Waals surface area contributed by atoms with Crippen LogP contribution in [0.2, 0.25) is 0 Å². The summed E-state index contributed by atoms with van der Waals surface area (Å²) in [4.78, 5) is 36.2. The molecule has 0 aliphatic heterocycles. The lowest BCUT2D eigenvalue weighted by atomic mass is 10.0. The van der Waals surface area contributed by atoms with Gasteiger partial charge in [0, 0.05) is 17.8 Å². The molecule has 3 amide bonds. The molecule has 0 fully saturated rings. The Hall–Kier alpha value is -4.05. The largest absolute Gasteiger partial charge is 0.391 e. The van der Waals surface area contributed by atoms with Crippen LogP contribution in [0.15, 0.2) is 78.9 Å². The third-order valence-electron chi connectivity index (χ3n) is 5.27. The van der Waals surface area contributed by atoms with Crippen LogP contribution in [-0.4, -0.2) is 46.7 Å². The lowest BCUT2D eigenvalue weighted by Crippen LogP contribution is -2.51. The van der Waals surface area contributed by atoms with Crippen molar-refractivity contribution in [3.8, 4) is 11.1 Å². The molecule has 0 aliphatic rings. The fourth-order valence-electron chi connectivity index (χ4n) is 3.38. The molecule has 6 N–H and O–H groups in total. The third-order valence-corrected chi connectivity index (χ3v) is 5.27. The first-order valence-corrected chi connectivity index (χ1v) is 11.0. The molecule has 182 valence electrons. The second-order valence-electron chi connectivity index (χ2n) is 7.96. The molecule has 0 saturated carbocycles. The fraction of sp³-hybridized carbons (Fsp3) is 0.192. The summed E-state index contributed by atoms with van der Waals surface area (Å²) in [5.74, 6) is -1.62. The molecular formula is C26H28N4O5. The molecule has 3 aromatic rings. The van der Waals surface area contributed by atoms with Gasteiger partial charge in [-0.15, -0.1) is 0 Å². The summed E-state index contributed by atoms with van der Waals surface area (Å²) in [7, 11) is 0. The molecular weight excluding hydrogens is 448 g/mol. The number of nitrogens with one attached hydrogen (secondary N) is 4. The van der Waals surface area contributed by atoms with E-state index in [9.17, 15) is 19.5 Å². The van der Waals surface area contributed by atoms with Crippen LogP contribution < -0.4 is 21.4 Å². The molecule has 0 radical (unpaired) electrons. The number of rotatable bonds is 10. The average Bonchev–Trinajstić information content (AvgIpc) is 2.87. The molecule has 0 aliphatic carbocycles. The number of anilines is 1. The van der Waals surface area contributed by atoms with Crippen molar-refractivity contribution in [2.24, 2.45) is 0 Å². The Bertz CT molecular complexity index is 1130. The average molecular weight is 477 g/mol. The molecule has 0 aromatic heterocycles. The van der Waals surface area contributed by atoms with Crippen molar-refractivity contribution in [2.45, 2.75) is 25.6 Å². The van der Waals surface area contributed by atoms with Crippen molar-refractivity contribution in [3.05, 3.63) is 90.0 Å². The highest BCUT2D eigenvalue weighted by Gasteiger charge is 2.25. The molecule has 35 heavy (non-hydrogen) atoms. The summed E-state index contributed by atoms with van der Waals surface area (Å²) in [5, 5.41) is 26.8. The molecule has 3 rings (SSSR count). The maximum atomic E-state index is 12.4. The lowest BCUT2D eigenvalue weighted by molar-refractivity contribution is -0.133. The van der Waals surface area contributed by atoms with Crippen molar-refractivity contribution in [3.63, 3.8) is 0 Å². The highest BCUT2D eigenvalue weighted by Crippen LogP contribution is 2.22. The zero-order valence-corrected chi connectivity index (χ0v) is 19.2. The topological polar surface area (TPSA) is 140 Å². The number of hydrogen-bond donors (Lipinski definition) is 6. The fourth-order valence-corrected chi connectivity index (χ4v) is 3.38. The van der Waals surface area contributed by atoms with Crippen LogP contribution in [0.25, 0.3) is 11.1 Å². The van der Waals surface area contributed by atoms with Gasteiger partial charge in [-0.2, -0.15) is 0 Å². The Kier molecular flexibility index (Phi) is 9.08. The Morgan fingerprint density at radius 2 is 1.46 bits per heavy atom. The first-order chi connectivity index (χ1) is 16.9. The minimum absolute atomic E-state index is 0.144. The monoisotopic (exact) mass is 476 g/mol. The van der Waals surface area contributed by atoms with Gasteiger partial charge in [-0.05, 0) is 47.9 Å². The van der Waals surface area contributed by atoms with E-state index in [1.807, 2.05) is 42.5 Å². The van der Waals surface area contributed by atoms with Gasteiger partial charge in [0.1, 0.15) is 6.04 Å². The number of carbonyl (C=O) groups excluding carboxylic acids is 3. The van der Waals surface area contributed by atoms with E-state index in [1.165, 1.54) is 12.4 Å². The van der Waals surface area contributed by atoms with Crippen LogP contribution in [0.3, 0.4) is 0 Å². The summed E-state index contributed by atoms with van der Waals surface area (Å²) in [6.07, 6.45) is -1.19. The molecule has 0 heterocycles. The van der Waals surface area contributed by atoms with Gasteiger partial charge in [0.2, 0.25) is 5.91 Å². The van der Waals surface area contributed by atoms with Gasteiger partial charge in [0.15, 0.2) is 0 Å². The van der Waals surface area contributed by atoms with Crippen LogP contribution in [0.1, 0.15) is 22.8 Å². The van der Waals surface area contributed by atoms with Crippen LogP contribution >= 0.6 is 0 Å². The van der Waals surface area contributed by atoms with Gasteiger partial charge in [-0.25, -0.2) is 5.48 Å². The summed E-state index contributed by atoms with van der Waals surface area (Å²) in [5.41, 5.74) is 5.22. The van der Waals surface area contributed by atoms with Crippen LogP contribution in [0.4, 0.5) is 5.69 Å². The second-order valence-corrected chi connectivity index (χ2v) is 7.96. The van der Waals surface area contributed by atoms with Gasteiger partial charge in [-0.3, -0.25) is 19.6 Å². The normalized spacial score (nSPS) is 12.3. The van der Waals surface area contributed by atoms with Gasteiger partial charge < -0.3 is 21.1 Å². The quantitative estimate of drug-likeness (QED) is 0.196. The van der Waals surface area contributed by atoms with Gasteiger partial charge in [0.25, 0.3) is 11.8 Å². The minimum atomic E-state index is -1.29. The highest BCUT2D eigenvalue weighted by molar-refractivity contribution is 5.98. The van der Waals surface area contributed by atoms with E-state index in [1.54, 1.807) is 36.4 Å². The summed E-state index contributed by atoms with van der Waals surface area (Å²) >= 11 is 0. The Balaban J connectivity index is 1.53. The van der Waals surface area contributed by atoms with Crippen LogP contribution in [0, 0.1) is 0 Å². The Labute approximate surface area is 203 Å². The zero-order valence-electron chi connectivity index (χ0n) is 19.2. The predicted octanol–water partition coefficient (Wildman–Crippen LogP) is 2.07. The van der Waals surface area contributed by atoms with Crippen LogP contribution in [0.5, 0.6) is 0 Å². The van der Waals surface area contributed by atoms with E-state index in [2.05, 4.69) is 16.0 Å². The number of hydrogen-bond acceptors (Lipinski definition) is 6. The molecule has 3 aromatic carbocycles. The maximum absolute atomic E-state index is 12.4. The van der Waals surface area contributed by atoms with Crippen molar-refractivity contribution in [1.82, 2.24) is 16.1 Å². The SMILES string of the molecule is C[C@@H](O)[C@H](NC(=O)c1ccc(-c2ccc(NC(=O)CNCc3ccccc3)cc2)cc1)C(=O)NO. The van der Waals surface area contributed by atoms with E-state index in [4.69, 9.17) is 5.21 Å². The first-order valence-electron chi connectivity index (χ1n) is 11.0. The van der Waals surface area contributed by atoms with E-state index in [0.717, 1.165) is 16.7 Å². The maximum Gasteiger partial charge on any atom is 0.268 e. The molecule has 0 unspecified atom stereocenters. The van der Waals surface area contributed by atoms with Crippen molar-refractivity contribution in [2.75, 3.05) is 11.9 Å². The number of aliphatic hydroxyl groups is 1. The molecule has 0 spiro atoms. The lowest BCUT2D eigenvalue weighted by Gasteiger charge is -2.19. The van der Waals surface area contributed by atoms with Crippen molar-refractivity contribution < 1.29 is 24.7 Å². The smallest absolute Gasteiger partial charge is 0.268 e. The molecule has 2 atom stereocenters. The summed E-state index contributed by atoms with van der Waals surface area (Å²) in [6.45, 7) is 2.13. The standard InChI is InChI=1S/C26H28N4O5/c1-17(31)24(26(34)30-35)29-25(33)21-9-7-19(8-10-21)20-11-13-22(14-12-20)28-23(32)16-27-15-18-5-3-2-4-6-18/h2-14,17,24,27,31,35H,15-16H2,1H3,(H,28,32)(H,29,33)(H,30,34)/t17-,24+/m1/s1. The minimum Gasteiger partial charge on any atom is -0.391 e. The number of carbonyl (C=O) groups is 3. The molecule has 9 heteroatoms.